The topological polar surface area (TPSA) is 124 Å². The SMILES string of the molecule is Cc1cc(Nc2cc(C)[nH]n2)nc(N2CCC3(CCCN(C(C)c4ccc(N=CC(F)=CN)nc4)C3)CC2)n1. The van der Waals surface area contributed by atoms with E-state index >= 15 is 0 Å². The molecule has 1 unspecified atom stereocenters. The Labute approximate surface area is 228 Å². The predicted molar refractivity (Wildman–Crippen MR) is 152 cm³/mol. The summed E-state index contributed by atoms with van der Waals surface area (Å²) in [6, 6.07) is 8.00. The van der Waals surface area contributed by atoms with E-state index in [1.807, 2.05) is 44.3 Å². The Kier molecular flexibility index (Phi) is 7.87. The number of hydrogen-bond donors (Lipinski definition) is 3. The average molecular weight is 533 g/mol. The number of piperidine rings is 2. The molecule has 0 saturated carbocycles. The molecule has 2 aliphatic heterocycles. The third-order valence-electron chi connectivity index (χ3n) is 7.88. The lowest BCUT2D eigenvalue weighted by atomic mass is 9.72. The molecule has 3 aromatic rings. The second-order valence-corrected chi connectivity index (χ2v) is 10.8. The number of aromatic nitrogens is 5. The van der Waals surface area contributed by atoms with Crippen molar-refractivity contribution < 1.29 is 4.39 Å². The fraction of sp³-hybridized carbons (Fsp3) is 0.464. The first-order chi connectivity index (χ1) is 18.8. The highest BCUT2D eigenvalue weighted by Crippen LogP contribution is 2.42. The molecule has 5 rings (SSSR count). The van der Waals surface area contributed by atoms with Crippen LogP contribution in [0.1, 0.15) is 55.6 Å². The molecule has 0 amide bonds. The van der Waals surface area contributed by atoms with Gasteiger partial charge in [-0.05, 0) is 70.0 Å². The molecule has 1 spiro atoms. The van der Waals surface area contributed by atoms with Crippen LogP contribution in [0, 0.1) is 19.3 Å². The number of anilines is 3. The van der Waals surface area contributed by atoms with Gasteiger partial charge in [-0.15, -0.1) is 0 Å². The number of halogens is 1. The molecule has 5 heterocycles. The zero-order valence-electron chi connectivity index (χ0n) is 22.9. The molecule has 10 nitrogen and oxygen atoms in total. The van der Waals surface area contributed by atoms with E-state index in [0.717, 1.165) is 86.0 Å². The van der Waals surface area contributed by atoms with E-state index < -0.39 is 5.83 Å². The second kappa shape index (κ2) is 11.5. The number of allylic oxidation sites excluding steroid dienone is 1. The summed E-state index contributed by atoms with van der Waals surface area (Å²) in [4.78, 5) is 22.9. The Hall–Kier alpha value is -3.86. The highest BCUT2D eigenvalue weighted by atomic mass is 19.1. The van der Waals surface area contributed by atoms with Crippen molar-refractivity contribution in [2.75, 3.05) is 36.4 Å². The molecule has 11 heteroatoms. The summed E-state index contributed by atoms with van der Waals surface area (Å²) in [5, 5.41) is 10.5. The number of rotatable bonds is 7. The standard InChI is InChI=1S/C28H37FN10/c1-19-13-25(34-26-14-20(2)36-37-26)35-27(33-19)38-11-8-28(9-12-38)7-4-10-39(18-28)21(3)22-5-6-24(31-16-22)32-17-23(29)15-30/h5-6,13-17,21H,4,7-12,18,30H2,1-3H3,(H2,33,34,35,36,37). The van der Waals surface area contributed by atoms with Crippen molar-refractivity contribution in [3.05, 3.63) is 59.4 Å². The summed E-state index contributed by atoms with van der Waals surface area (Å²) >= 11 is 0. The van der Waals surface area contributed by atoms with Gasteiger partial charge in [-0.1, -0.05) is 6.07 Å². The van der Waals surface area contributed by atoms with Crippen LogP contribution < -0.4 is 16.0 Å². The van der Waals surface area contributed by atoms with Gasteiger partial charge in [0.15, 0.2) is 17.5 Å². The smallest absolute Gasteiger partial charge is 0.227 e. The number of aromatic amines is 1. The van der Waals surface area contributed by atoms with Crippen molar-refractivity contribution in [2.24, 2.45) is 16.1 Å². The molecular weight excluding hydrogens is 495 g/mol. The van der Waals surface area contributed by atoms with E-state index in [9.17, 15) is 4.39 Å². The van der Waals surface area contributed by atoms with Crippen molar-refractivity contribution in [3.63, 3.8) is 0 Å². The maximum absolute atomic E-state index is 13.2. The van der Waals surface area contributed by atoms with Crippen molar-refractivity contribution in [2.45, 2.75) is 52.5 Å². The number of nitrogens with zero attached hydrogens (tertiary/aromatic N) is 7. The first-order valence-corrected chi connectivity index (χ1v) is 13.5. The molecule has 39 heavy (non-hydrogen) atoms. The highest BCUT2D eigenvalue weighted by Gasteiger charge is 2.40. The van der Waals surface area contributed by atoms with Crippen LogP contribution in [0.15, 0.2) is 47.5 Å². The number of aliphatic imine (C=N–C) groups is 1. The van der Waals surface area contributed by atoms with Crippen molar-refractivity contribution >= 4 is 29.6 Å². The predicted octanol–water partition coefficient (Wildman–Crippen LogP) is 4.87. The van der Waals surface area contributed by atoms with E-state index in [4.69, 9.17) is 15.7 Å². The summed E-state index contributed by atoms with van der Waals surface area (Å²) in [6.45, 7) is 10.2. The van der Waals surface area contributed by atoms with Crippen LogP contribution in [-0.4, -0.2) is 62.4 Å². The van der Waals surface area contributed by atoms with Gasteiger partial charge in [0.05, 0.1) is 6.21 Å². The van der Waals surface area contributed by atoms with Gasteiger partial charge >= 0.3 is 0 Å². The number of H-pyrrole nitrogens is 1. The zero-order valence-corrected chi connectivity index (χ0v) is 22.9. The lowest BCUT2D eigenvalue weighted by Gasteiger charge is -2.49. The fourth-order valence-electron chi connectivity index (χ4n) is 5.64. The molecule has 2 saturated heterocycles. The Bertz CT molecular complexity index is 1320. The first kappa shape index (κ1) is 26.7. The van der Waals surface area contributed by atoms with Crippen LogP contribution in [0.25, 0.3) is 0 Å². The molecule has 0 bridgehead atoms. The highest BCUT2D eigenvalue weighted by molar-refractivity contribution is 5.77. The number of nitrogens with two attached hydrogens (primary N) is 1. The normalized spacial score (nSPS) is 19.1. The fourth-order valence-corrected chi connectivity index (χ4v) is 5.64. The monoisotopic (exact) mass is 532 g/mol. The van der Waals surface area contributed by atoms with Gasteiger partial charge in [-0.2, -0.15) is 10.1 Å². The van der Waals surface area contributed by atoms with Crippen LogP contribution in [0.2, 0.25) is 0 Å². The molecule has 206 valence electrons. The van der Waals surface area contributed by atoms with E-state index in [1.54, 1.807) is 0 Å². The van der Waals surface area contributed by atoms with Crippen LogP contribution in [0.4, 0.5) is 27.8 Å². The molecule has 2 fully saturated rings. The van der Waals surface area contributed by atoms with E-state index in [2.05, 4.69) is 42.2 Å². The van der Waals surface area contributed by atoms with Crippen molar-refractivity contribution in [3.8, 4) is 0 Å². The van der Waals surface area contributed by atoms with Gasteiger partial charge in [0.1, 0.15) is 5.82 Å². The lowest BCUT2D eigenvalue weighted by Crippen LogP contribution is -2.50. The van der Waals surface area contributed by atoms with Crippen molar-refractivity contribution in [1.29, 1.82) is 0 Å². The lowest BCUT2D eigenvalue weighted by molar-refractivity contribution is 0.0414. The maximum Gasteiger partial charge on any atom is 0.227 e. The molecular formula is C28H37FN10. The van der Waals surface area contributed by atoms with Gasteiger partial charge in [0, 0.05) is 61.6 Å². The minimum absolute atomic E-state index is 0.242. The number of likely N-dealkylation sites (tertiary alicyclic amines) is 1. The van der Waals surface area contributed by atoms with Gasteiger partial charge < -0.3 is 16.0 Å². The van der Waals surface area contributed by atoms with Gasteiger partial charge in [-0.25, -0.2) is 19.4 Å². The van der Waals surface area contributed by atoms with Gasteiger partial charge in [0.2, 0.25) is 5.95 Å². The number of hydrogen-bond acceptors (Lipinski definition) is 9. The van der Waals surface area contributed by atoms with E-state index in [0.29, 0.717) is 11.2 Å². The summed E-state index contributed by atoms with van der Waals surface area (Å²) in [7, 11) is 0. The van der Waals surface area contributed by atoms with Gasteiger partial charge in [-0.3, -0.25) is 10.00 Å². The number of aryl methyl sites for hydroxylation is 2. The average Bonchev–Trinajstić information content (AvgIpc) is 3.35. The Balaban J connectivity index is 1.21. The Morgan fingerprint density at radius 2 is 1.97 bits per heavy atom. The second-order valence-electron chi connectivity index (χ2n) is 10.8. The van der Waals surface area contributed by atoms with Crippen LogP contribution >= 0.6 is 0 Å². The summed E-state index contributed by atoms with van der Waals surface area (Å²) in [5.74, 6) is 2.15. The van der Waals surface area contributed by atoms with E-state index in [-0.39, 0.29) is 6.04 Å². The zero-order chi connectivity index (χ0) is 27.4. The number of pyridine rings is 1. The minimum atomic E-state index is -0.589. The molecule has 2 aliphatic rings. The molecule has 4 N–H and O–H groups in total. The van der Waals surface area contributed by atoms with Gasteiger partial charge in [0.25, 0.3) is 0 Å². The van der Waals surface area contributed by atoms with Crippen molar-refractivity contribution in [1.82, 2.24) is 30.0 Å². The largest absolute Gasteiger partial charge is 0.402 e. The maximum atomic E-state index is 13.2. The van der Waals surface area contributed by atoms with Crippen LogP contribution in [0.5, 0.6) is 0 Å². The third-order valence-corrected chi connectivity index (χ3v) is 7.88. The Morgan fingerprint density at radius 3 is 2.67 bits per heavy atom. The molecule has 0 aromatic carbocycles. The molecule has 1 atom stereocenters. The molecule has 3 aromatic heterocycles. The third kappa shape index (κ3) is 6.42. The molecule has 0 aliphatic carbocycles. The quantitative estimate of drug-likeness (QED) is 0.368. The summed E-state index contributed by atoms with van der Waals surface area (Å²) < 4.78 is 13.2. The Morgan fingerprint density at radius 1 is 1.15 bits per heavy atom. The number of nitrogens with one attached hydrogen (secondary N) is 2. The van der Waals surface area contributed by atoms with E-state index in [1.165, 1.54) is 12.8 Å². The summed E-state index contributed by atoms with van der Waals surface area (Å²) in [5.41, 5.74) is 8.51. The first-order valence-electron chi connectivity index (χ1n) is 13.5. The molecule has 0 radical (unpaired) electrons. The minimum Gasteiger partial charge on any atom is -0.402 e. The van der Waals surface area contributed by atoms with Crippen LogP contribution in [0.3, 0.4) is 0 Å². The summed E-state index contributed by atoms with van der Waals surface area (Å²) in [6.07, 6.45) is 8.45. The van der Waals surface area contributed by atoms with Crippen LogP contribution in [-0.2, 0) is 0 Å².